The van der Waals surface area contributed by atoms with E-state index in [9.17, 15) is 9.59 Å². The van der Waals surface area contributed by atoms with Crippen LogP contribution in [-0.4, -0.2) is 43.2 Å². The van der Waals surface area contributed by atoms with Crippen LogP contribution in [0.4, 0.5) is 5.82 Å². The largest absolute Gasteiger partial charge is 0.465 e. The van der Waals surface area contributed by atoms with Gasteiger partial charge >= 0.3 is 11.9 Å². The van der Waals surface area contributed by atoms with Gasteiger partial charge in [-0.25, -0.2) is 14.6 Å². The van der Waals surface area contributed by atoms with Gasteiger partial charge in [-0.05, 0) is 35.9 Å². The van der Waals surface area contributed by atoms with Crippen molar-refractivity contribution in [2.45, 2.75) is 18.9 Å². The monoisotopic (exact) mass is 400 g/mol. The number of esters is 2. The number of methoxy groups -OCH3 is 1. The second-order valence-corrected chi connectivity index (χ2v) is 6.84. The molecule has 2 aromatic rings. The standard InChI is InChI=1S/C21H21ClN2O4/c1-27-21(26)16-5-2-15(3-6-16)4-9-20(25)28-18-10-12-24(13-11-18)19-8-7-17(22)14-23-19/h2-9,14,18H,10-13H2,1H3/b9-4+. The number of halogens is 1. The van der Waals surface area contributed by atoms with Crippen LogP contribution in [0.15, 0.2) is 48.7 Å². The summed E-state index contributed by atoms with van der Waals surface area (Å²) in [7, 11) is 1.34. The predicted octanol–water partition coefficient (Wildman–Crippen LogP) is 3.75. The first-order valence-electron chi connectivity index (χ1n) is 8.99. The van der Waals surface area contributed by atoms with Crippen LogP contribution in [0.2, 0.25) is 5.02 Å². The Balaban J connectivity index is 1.47. The van der Waals surface area contributed by atoms with Gasteiger partial charge in [0.1, 0.15) is 11.9 Å². The van der Waals surface area contributed by atoms with Gasteiger partial charge in [0.15, 0.2) is 0 Å². The smallest absolute Gasteiger partial charge is 0.337 e. The molecule has 0 bridgehead atoms. The van der Waals surface area contributed by atoms with Crippen LogP contribution < -0.4 is 4.90 Å². The molecule has 146 valence electrons. The highest BCUT2D eigenvalue weighted by molar-refractivity contribution is 6.30. The highest BCUT2D eigenvalue weighted by Gasteiger charge is 2.22. The Morgan fingerprint density at radius 3 is 2.46 bits per heavy atom. The minimum Gasteiger partial charge on any atom is -0.465 e. The number of aromatic nitrogens is 1. The van der Waals surface area contributed by atoms with Crippen molar-refractivity contribution in [3.63, 3.8) is 0 Å². The predicted molar refractivity (Wildman–Crippen MR) is 107 cm³/mol. The van der Waals surface area contributed by atoms with Crippen molar-refractivity contribution in [2.75, 3.05) is 25.1 Å². The molecule has 28 heavy (non-hydrogen) atoms. The van der Waals surface area contributed by atoms with Crippen LogP contribution >= 0.6 is 11.6 Å². The second-order valence-electron chi connectivity index (χ2n) is 6.40. The van der Waals surface area contributed by atoms with Gasteiger partial charge in [0.2, 0.25) is 0 Å². The van der Waals surface area contributed by atoms with Gasteiger partial charge in [-0.15, -0.1) is 0 Å². The molecule has 0 radical (unpaired) electrons. The molecule has 2 heterocycles. The molecule has 0 aliphatic carbocycles. The van der Waals surface area contributed by atoms with Crippen molar-refractivity contribution >= 4 is 35.4 Å². The zero-order chi connectivity index (χ0) is 19.9. The summed E-state index contributed by atoms with van der Waals surface area (Å²) in [5.74, 6) is 0.111. The lowest BCUT2D eigenvalue weighted by Crippen LogP contribution is -2.38. The van der Waals surface area contributed by atoms with E-state index in [2.05, 4.69) is 14.6 Å². The highest BCUT2D eigenvalue weighted by Crippen LogP contribution is 2.21. The number of ether oxygens (including phenoxy) is 2. The summed E-state index contributed by atoms with van der Waals surface area (Å²) in [4.78, 5) is 30.0. The van der Waals surface area contributed by atoms with Gasteiger partial charge in [0.25, 0.3) is 0 Å². The summed E-state index contributed by atoms with van der Waals surface area (Å²) < 4.78 is 10.2. The fraction of sp³-hybridized carbons (Fsp3) is 0.286. The highest BCUT2D eigenvalue weighted by atomic mass is 35.5. The van der Waals surface area contributed by atoms with E-state index in [4.69, 9.17) is 16.3 Å². The molecule has 0 unspecified atom stereocenters. The maximum atomic E-state index is 12.1. The summed E-state index contributed by atoms with van der Waals surface area (Å²) in [6.45, 7) is 1.54. The molecule has 0 N–H and O–H groups in total. The Hall–Kier alpha value is -2.86. The Labute approximate surface area is 168 Å². The van der Waals surface area contributed by atoms with Crippen molar-refractivity contribution in [3.05, 3.63) is 64.8 Å². The van der Waals surface area contributed by atoms with E-state index >= 15 is 0 Å². The topological polar surface area (TPSA) is 68.7 Å². The molecular formula is C21H21ClN2O4. The molecule has 1 aliphatic rings. The normalized spacial score (nSPS) is 14.9. The number of hydrogen-bond acceptors (Lipinski definition) is 6. The summed E-state index contributed by atoms with van der Waals surface area (Å²) in [6.07, 6.45) is 6.08. The molecule has 1 aliphatic heterocycles. The van der Waals surface area contributed by atoms with Gasteiger partial charge in [0.05, 0.1) is 17.7 Å². The van der Waals surface area contributed by atoms with Crippen LogP contribution in [0.3, 0.4) is 0 Å². The Morgan fingerprint density at radius 1 is 1.14 bits per heavy atom. The minimum atomic E-state index is -0.393. The third-order valence-corrected chi connectivity index (χ3v) is 4.73. The van der Waals surface area contributed by atoms with Gasteiger partial charge < -0.3 is 14.4 Å². The lowest BCUT2D eigenvalue weighted by atomic mass is 10.1. The first-order chi connectivity index (χ1) is 13.5. The average molecular weight is 401 g/mol. The Kier molecular flexibility index (Phi) is 6.66. The summed E-state index contributed by atoms with van der Waals surface area (Å²) >= 11 is 5.87. The SMILES string of the molecule is COC(=O)c1ccc(/C=C/C(=O)OC2CCN(c3ccc(Cl)cn3)CC2)cc1. The summed E-state index contributed by atoms with van der Waals surface area (Å²) in [6, 6.07) is 10.5. The van der Waals surface area contributed by atoms with Gasteiger partial charge in [-0.1, -0.05) is 23.7 Å². The van der Waals surface area contributed by atoms with E-state index in [-0.39, 0.29) is 12.1 Å². The molecule has 3 rings (SSSR count). The molecule has 0 atom stereocenters. The number of rotatable bonds is 5. The zero-order valence-electron chi connectivity index (χ0n) is 15.5. The third-order valence-electron chi connectivity index (χ3n) is 4.50. The molecule has 0 spiro atoms. The molecule has 7 heteroatoms. The molecular weight excluding hydrogens is 380 g/mol. The van der Waals surface area contributed by atoms with Crippen LogP contribution in [0, 0.1) is 0 Å². The first kappa shape index (κ1) is 19.9. The van der Waals surface area contributed by atoms with E-state index in [0.717, 1.165) is 37.3 Å². The molecule has 1 saturated heterocycles. The van der Waals surface area contributed by atoms with E-state index in [0.29, 0.717) is 10.6 Å². The van der Waals surface area contributed by atoms with Crippen LogP contribution in [0.25, 0.3) is 6.08 Å². The molecule has 1 aromatic heterocycles. The maximum absolute atomic E-state index is 12.1. The molecule has 0 amide bonds. The number of piperidine rings is 1. The number of hydrogen-bond donors (Lipinski definition) is 0. The summed E-state index contributed by atoms with van der Waals surface area (Å²) in [5.41, 5.74) is 1.26. The molecule has 1 aromatic carbocycles. The van der Waals surface area contributed by atoms with Gasteiger partial charge in [-0.2, -0.15) is 0 Å². The van der Waals surface area contributed by atoms with E-state index in [1.54, 1.807) is 36.5 Å². The average Bonchev–Trinajstić information content (AvgIpc) is 2.73. The molecule has 0 saturated carbocycles. The Bertz CT molecular complexity index is 842. The van der Waals surface area contributed by atoms with Crippen molar-refractivity contribution in [1.82, 2.24) is 4.98 Å². The third kappa shape index (κ3) is 5.33. The number of benzene rings is 1. The Morgan fingerprint density at radius 2 is 1.86 bits per heavy atom. The van der Waals surface area contributed by atoms with Gasteiger partial charge in [-0.3, -0.25) is 0 Å². The molecule has 1 fully saturated rings. The van der Waals surface area contributed by atoms with Gasteiger partial charge in [0, 0.05) is 38.2 Å². The number of nitrogens with zero attached hydrogens (tertiary/aromatic N) is 2. The van der Waals surface area contributed by atoms with Crippen molar-refractivity contribution in [1.29, 1.82) is 0 Å². The maximum Gasteiger partial charge on any atom is 0.337 e. The fourth-order valence-electron chi connectivity index (χ4n) is 2.97. The van der Waals surface area contributed by atoms with E-state index in [1.807, 2.05) is 12.1 Å². The van der Waals surface area contributed by atoms with Crippen molar-refractivity contribution in [2.24, 2.45) is 0 Å². The van der Waals surface area contributed by atoms with Crippen LogP contribution in [0.5, 0.6) is 0 Å². The molecule has 6 nitrogen and oxygen atoms in total. The quantitative estimate of drug-likeness (QED) is 0.562. The lowest BCUT2D eigenvalue weighted by molar-refractivity contribution is -0.143. The fourth-order valence-corrected chi connectivity index (χ4v) is 3.09. The van der Waals surface area contributed by atoms with Crippen molar-refractivity contribution < 1.29 is 19.1 Å². The lowest BCUT2D eigenvalue weighted by Gasteiger charge is -2.32. The number of carbonyl (C=O) groups is 2. The number of anilines is 1. The number of pyridine rings is 1. The minimum absolute atomic E-state index is 0.109. The van der Waals surface area contributed by atoms with Crippen molar-refractivity contribution in [3.8, 4) is 0 Å². The van der Waals surface area contributed by atoms with Crippen LogP contribution in [-0.2, 0) is 14.3 Å². The van der Waals surface area contributed by atoms with E-state index in [1.165, 1.54) is 13.2 Å². The number of carbonyl (C=O) groups excluding carboxylic acids is 2. The summed E-state index contributed by atoms with van der Waals surface area (Å²) in [5, 5.41) is 0.610. The zero-order valence-corrected chi connectivity index (χ0v) is 16.3. The second kappa shape index (κ2) is 9.37. The van der Waals surface area contributed by atoms with E-state index < -0.39 is 5.97 Å². The van der Waals surface area contributed by atoms with Crippen LogP contribution in [0.1, 0.15) is 28.8 Å². The first-order valence-corrected chi connectivity index (χ1v) is 9.36.